The van der Waals surface area contributed by atoms with Gasteiger partial charge < -0.3 is 4.74 Å². The molecule has 0 aliphatic heterocycles. The van der Waals surface area contributed by atoms with Crippen LogP contribution < -0.4 is 4.74 Å². The average molecular weight is 391 g/mol. The van der Waals surface area contributed by atoms with Crippen molar-refractivity contribution in [2.45, 2.75) is 10.9 Å². The maximum atomic E-state index is 13.5. The lowest BCUT2D eigenvalue weighted by Crippen LogP contribution is -2.00. The lowest BCUT2D eigenvalue weighted by Gasteiger charge is -2.12. The number of rotatable bonds is 6. The highest BCUT2D eigenvalue weighted by atomic mass is 32.2. The lowest BCUT2D eigenvalue weighted by atomic mass is 10.2. The fourth-order valence-corrected chi connectivity index (χ4v) is 3.85. The molecule has 0 spiro atoms. The quantitative estimate of drug-likeness (QED) is 0.414. The Bertz CT molecular complexity index is 1080. The van der Waals surface area contributed by atoms with Gasteiger partial charge in [0.05, 0.1) is 12.7 Å². The zero-order chi connectivity index (χ0) is 19.3. The van der Waals surface area contributed by atoms with Crippen LogP contribution in [0.4, 0.5) is 4.39 Å². The minimum Gasteiger partial charge on any atom is -0.496 e. The highest BCUT2D eigenvalue weighted by Gasteiger charge is 2.18. The van der Waals surface area contributed by atoms with E-state index in [0.717, 1.165) is 27.7 Å². The Balaban J connectivity index is 1.76. The highest BCUT2D eigenvalue weighted by Crippen LogP contribution is 2.34. The minimum absolute atomic E-state index is 0.239. The molecule has 4 nitrogen and oxygen atoms in total. The van der Waals surface area contributed by atoms with E-state index in [0.29, 0.717) is 11.6 Å². The van der Waals surface area contributed by atoms with Crippen molar-refractivity contribution in [3.63, 3.8) is 0 Å². The minimum atomic E-state index is -0.239. The molecular formula is C22H18FN3OS. The third-order valence-electron chi connectivity index (χ3n) is 4.25. The molecule has 1 aromatic heterocycles. The maximum absolute atomic E-state index is 13.5. The highest BCUT2D eigenvalue weighted by molar-refractivity contribution is 7.98. The number of para-hydroxylation sites is 2. The third kappa shape index (κ3) is 3.77. The number of aromatic nitrogens is 3. The summed E-state index contributed by atoms with van der Waals surface area (Å²) in [5.41, 5.74) is 2.71. The lowest BCUT2D eigenvalue weighted by molar-refractivity contribution is 0.416. The van der Waals surface area contributed by atoms with E-state index < -0.39 is 0 Å². The van der Waals surface area contributed by atoms with E-state index in [1.165, 1.54) is 23.9 Å². The summed E-state index contributed by atoms with van der Waals surface area (Å²) in [5.74, 6) is 1.78. The van der Waals surface area contributed by atoms with Gasteiger partial charge >= 0.3 is 0 Å². The van der Waals surface area contributed by atoms with Crippen LogP contribution >= 0.6 is 11.8 Å². The fourth-order valence-electron chi connectivity index (χ4n) is 2.95. The molecule has 140 valence electrons. The van der Waals surface area contributed by atoms with E-state index in [2.05, 4.69) is 10.2 Å². The van der Waals surface area contributed by atoms with Gasteiger partial charge in [-0.05, 0) is 42.0 Å². The van der Waals surface area contributed by atoms with E-state index >= 15 is 0 Å². The molecule has 0 radical (unpaired) electrons. The van der Waals surface area contributed by atoms with E-state index in [1.807, 2.05) is 65.2 Å². The van der Waals surface area contributed by atoms with Gasteiger partial charge in [0.25, 0.3) is 0 Å². The molecule has 0 bridgehead atoms. The van der Waals surface area contributed by atoms with Gasteiger partial charge in [0.2, 0.25) is 0 Å². The fraction of sp³-hybridized carbons (Fsp3) is 0.0909. The number of ether oxygens (including phenoxy) is 1. The number of hydrogen-bond donors (Lipinski definition) is 0. The second-order valence-electron chi connectivity index (χ2n) is 6.10. The van der Waals surface area contributed by atoms with Crippen molar-refractivity contribution in [3.8, 4) is 22.8 Å². The van der Waals surface area contributed by atoms with Crippen LogP contribution in [0.5, 0.6) is 5.75 Å². The Labute approximate surface area is 167 Å². The molecule has 0 aliphatic rings. The van der Waals surface area contributed by atoms with Gasteiger partial charge in [-0.15, -0.1) is 10.2 Å². The van der Waals surface area contributed by atoms with Gasteiger partial charge in [-0.3, -0.25) is 4.57 Å². The molecule has 3 aromatic carbocycles. The molecule has 4 aromatic rings. The summed E-state index contributed by atoms with van der Waals surface area (Å²) in [5, 5.41) is 9.58. The first-order chi connectivity index (χ1) is 13.8. The Morgan fingerprint density at radius 3 is 2.50 bits per heavy atom. The van der Waals surface area contributed by atoms with E-state index in [9.17, 15) is 4.39 Å². The van der Waals surface area contributed by atoms with Crippen LogP contribution in [0.2, 0.25) is 0 Å². The van der Waals surface area contributed by atoms with Gasteiger partial charge in [-0.25, -0.2) is 4.39 Å². The number of nitrogens with zero attached hydrogens (tertiary/aromatic N) is 3. The topological polar surface area (TPSA) is 39.9 Å². The Morgan fingerprint density at radius 2 is 1.71 bits per heavy atom. The number of benzene rings is 3. The summed E-state index contributed by atoms with van der Waals surface area (Å²) in [4.78, 5) is 0. The van der Waals surface area contributed by atoms with Gasteiger partial charge in [-0.1, -0.05) is 54.2 Å². The van der Waals surface area contributed by atoms with Crippen LogP contribution in [0, 0.1) is 5.82 Å². The normalized spacial score (nSPS) is 10.8. The van der Waals surface area contributed by atoms with Crippen molar-refractivity contribution in [1.82, 2.24) is 14.8 Å². The third-order valence-corrected chi connectivity index (χ3v) is 5.25. The molecule has 0 amide bonds. The predicted molar refractivity (Wildman–Crippen MR) is 109 cm³/mol. The van der Waals surface area contributed by atoms with Crippen LogP contribution in [0.15, 0.2) is 84.0 Å². The monoisotopic (exact) mass is 391 g/mol. The number of halogens is 1. The molecule has 0 unspecified atom stereocenters. The van der Waals surface area contributed by atoms with Crippen molar-refractivity contribution >= 4 is 11.8 Å². The molecule has 0 N–H and O–H groups in total. The first-order valence-electron chi connectivity index (χ1n) is 8.78. The summed E-state index contributed by atoms with van der Waals surface area (Å²) in [7, 11) is 1.64. The first kappa shape index (κ1) is 18.3. The van der Waals surface area contributed by atoms with Gasteiger partial charge in [0.1, 0.15) is 11.6 Å². The maximum Gasteiger partial charge on any atom is 0.196 e. The van der Waals surface area contributed by atoms with Crippen molar-refractivity contribution in [3.05, 3.63) is 90.2 Å². The number of methoxy groups -OCH3 is 1. The van der Waals surface area contributed by atoms with Crippen molar-refractivity contribution in [2.24, 2.45) is 0 Å². The molecule has 0 aliphatic carbocycles. The van der Waals surface area contributed by atoms with Crippen LogP contribution in [0.25, 0.3) is 17.1 Å². The standard InChI is InChI=1S/C22H18FN3OS/c1-27-20-13-6-5-12-19(20)21-24-25-22(26(21)18-10-3-2-4-11-18)28-15-16-8-7-9-17(23)14-16/h2-14H,15H2,1H3. The summed E-state index contributed by atoms with van der Waals surface area (Å²) in [6, 6.07) is 24.3. The first-order valence-corrected chi connectivity index (χ1v) is 9.76. The second-order valence-corrected chi connectivity index (χ2v) is 7.04. The van der Waals surface area contributed by atoms with Crippen LogP contribution in [-0.2, 0) is 5.75 Å². The van der Waals surface area contributed by atoms with Crippen molar-refractivity contribution in [1.29, 1.82) is 0 Å². The smallest absolute Gasteiger partial charge is 0.196 e. The molecule has 28 heavy (non-hydrogen) atoms. The van der Waals surface area contributed by atoms with Crippen LogP contribution in [-0.4, -0.2) is 21.9 Å². The van der Waals surface area contributed by atoms with Gasteiger partial charge in [-0.2, -0.15) is 0 Å². The summed E-state index contributed by atoms with van der Waals surface area (Å²) in [6.07, 6.45) is 0. The zero-order valence-electron chi connectivity index (χ0n) is 15.2. The average Bonchev–Trinajstić information content (AvgIpc) is 3.16. The van der Waals surface area contributed by atoms with Gasteiger partial charge in [0, 0.05) is 11.4 Å². The Kier molecular flexibility index (Phi) is 5.39. The molecule has 0 atom stereocenters. The predicted octanol–water partition coefficient (Wildman–Crippen LogP) is 5.37. The van der Waals surface area contributed by atoms with E-state index in [1.54, 1.807) is 13.2 Å². The largest absolute Gasteiger partial charge is 0.496 e. The van der Waals surface area contributed by atoms with Crippen molar-refractivity contribution < 1.29 is 9.13 Å². The molecule has 0 saturated heterocycles. The summed E-state index contributed by atoms with van der Waals surface area (Å²) in [6.45, 7) is 0. The van der Waals surface area contributed by atoms with E-state index in [-0.39, 0.29) is 5.82 Å². The van der Waals surface area contributed by atoms with Crippen LogP contribution in [0.3, 0.4) is 0 Å². The molecular weight excluding hydrogens is 373 g/mol. The van der Waals surface area contributed by atoms with E-state index in [4.69, 9.17) is 4.74 Å². The Morgan fingerprint density at radius 1 is 0.929 bits per heavy atom. The summed E-state index contributed by atoms with van der Waals surface area (Å²) < 4.78 is 21.0. The molecule has 0 saturated carbocycles. The zero-order valence-corrected chi connectivity index (χ0v) is 16.1. The second kappa shape index (κ2) is 8.27. The molecule has 4 rings (SSSR count). The van der Waals surface area contributed by atoms with Crippen molar-refractivity contribution in [2.75, 3.05) is 7.11 Å². The number of thioether (sulfide) groups is 1. The molecule has 0 fully saturated rings. The SMILES string of the molecule is COc1ccccc1-c1nnc(SCc2cccc(F)c2)n1-c1ccccc1. The van der Waals surface area contributed by atoms with Gasteiger partial charge in [0.15, 0.2) is 11.0 Å². The number of hydrogen-bond acceptors (Lipinski definition) is 4. The molecule has 6 heteroatoms. The molecule has 1 heterocycles. The Hall–Kier alpha value is -3.12. The summed E-state index contributed by atoms with van der Waals surface area (Å²) >= 11 is 1.51. The van der Waals surface area contributed by atoms with Crippen LogP contribution in [0.1, 0.15) is 5.56 Å².